The average molecular weight is 466 g/mol. The first-order valence-corrected chi connectivity index (χ1v) is 18.2. The molecule has 0 radical (unpaired) electrons. The molecule has 0 saturated carbocycles. The first kappa shape index (κ1) is 26.6. The van der Waals surface area contributed by atoms with Crippen molar-refractivity contribution >= 4 is 16.4 Å². The van der Waals surface area contributed by atoms with E-state index in [1.165, 1.54) is 11.1 Å². The minimum absolute atomic E-state index is 0.0493. The summed E-state index contributed by atoms with van der Waals surface area (Å²) in [7, 11) is -3.47. The van der Waals surface area contributed by atoms with E-state index in [0.717, 1.165) is 6.54 Å². The van der Waals surface area contributed by atoms with Crippen molar-refractivity contribution in [1.82, 2.24) is 5.32 Å². The molecule has 2 rings (SSSR count). The lowest BCUT2D eigenvalue weighted by atomic mass is 9.92. The van der Waals surface area contributed by atoms with Crippen molar-refractivity contribution in [2.45, 2.75) is 84.2 Å². The van der Waals surface area contributed by atoms with Crippen LogP contribution < -0.4 is 5.32 Å². The minimum atomic E-state index is -2.01. The van der Waals surface area contributed by atoms with Gasteiger partial charge in [0.25, 0.3) is 0 Å². The van der Waals surface area contributed by atoms with Crippen LogP contribution in [0.1, 0.15) is 44.9 Å². The fourth-order valence-electron chi connectivity index (χ4n) is 3.28. The van der Waals surface area contributed by atoms with E-state index in [9.17, 15) is 0 Å². The van der Waals surface area contributed by atoms with E-state index in [4.69, 9.17) is 4.43 Å². The van der Waals surface area contributed by atoms with Gasteiger partial charge >= 0.3 is 0 Å². The zero-order valence-corrected chi connectivity index (χ0v) is 23.6. The van der Waals surface area contributed by atoms with Gasteiger partial charge in [0.2, 0.25) is 0 Å². The van der Waals surface area contributed by atoms with E-state index in [1.807, 2.05) is 0 Å². The molecule has 0 aliphatic carbocycles. The number of hydrogen-bond donors (Lipinski definition) is 1. The van der Waals surface area contributed by atoms with Crippen molar-refractivity contribution in [3.8, 4) is 11.5 Å². The number of nitrogens with one attached hydrogen (secondary N) is 1. The van der Waals surface area contributed by atoms with E-state index in [1.54, 1.807) is 0 Å². The summed E-state index contributed by atoms with van der Waals surface area (Å²) in [5, 5.41) is 3.99. The van der Waals surface area contributed by atoms with Crippen molar-refractivity contribution in [1.29, 1.82) is 0 Å². The molecule has 0 fully saturated rings. The van der Waals surface area contributed by atoms with E-state index in [0.29, 0.717) is 0 Å². The van der Waals surface area contributed by atoms with Crippen molar-refractivity contribution in [3.63, 3.8) is 0 Å². The van der Waals surface area contributed by atoms with Gasteiger partial charge in [-0.1, -0.05) is 101 Å². The van der Waals surface area contributed by atoms with E-state index < -0.39 is 16.4 Å². The van der Waals surface area contributed by atoms with Gasteiger partial charge in [0.05, 0.1) is 12.1 Å². The molecule has 174 valence electrons. The van der Waals surface area contributed by atoms with Gasteiger partial charge in [-0.15, -0.1) is 11.5 Å². The molecular formula is C28H43NOSi2. The van der Waals surface area contributed by atoms with Crippen LogP contribution in [0, 0.1) is 17.4 Å². The van der Waals surface area contributed by atoms with Gasteiger partial charge in [0.1, 0.15) is 8.07 Å². The van der Waals surface area contributed by atoms with Crippen LogP contribution in [0.25, 0.3) is 0 Å². The monoisotopic (exact) mass is 465 g/mol. The molecule has 0 aliphatic heterocycles. The maximum atomic E-state index is 7.11. The molecule has 3 atom stereocenters. The molecule has 2 aromatic carbocycles. The predicted molar refractivity (Wildman–Crippen MR) is 145 cm³/mol. The molecule has 0 aliphatic rings. The van der Waals surface area contributed by atoms with Crippen LogP contribution in [0.4, 0.5) is 0 Å². The van der Waals surface area contributed by atoms with Gasteiger partial charge < -0.3 is 9.74 Å². The van der Waals surface area contributed by atoms with E-state index in [-0.39, 0.29) is 23.1 Å². The second kappa shape index (κ2) is 11.0. The third kappa shape index (κ3) is 8.04. The van der Waals surface area contributed by atoms with Crippen LogP contribution in [0.2, 0.25) is 37.8 Å². The molecule has 0 spiro atoms. The summed E-state index contributed by atoms with van der Waals surface area (Å²) in [6, 6.07) is 21.4. The Labute approximate surface area is 199 Å². The molecule has 0 bridgehead atoms. The molecular weight excluding hydrogens is 422 g/mol. The molecule has 2 aromatic rings. The highest BCUT2D eigenvalue weighted by Crippen LogP contribution is 2.41. The average Bonchev–Trinajstić information content (AvgIpc) is 2.71. The van der Waals surface area contributed by atoms with Crippen LogP contribution in [0.5, 0.6) is 0 Å². The summed E-state index contributed by atoms with van der Waals surface area (Å²) in [4.78, 5) is 0. The van der Waals surface area contributed by atoms with Gasteiger partial charge in [0, 0.05) is 12.5 Å². The summed E-state index contributed by atoms with van der Waals surface area (Å²) in [5.74, 6) is 3.79. The highest BCUT2D eigenvalue weighted by atomic mass is 28.4. The van der Waals surface area contributed by atoms with Crippen molar-refractivity contribution in [3.05, 3.63) is 71.8 Å². The standard InChI is InChI=1S/C28H43NOSi2/c1-23(20-21-31(5,6)7)26(29-22-24-16-12-10-13-17-24)27(25-18-14-11-15-19-25)30-32(8,9)28(2,3)4/h10-19,23,26-27,29H,22H2,1-9H3. The van der Waals surface area contributed by atoms with Crippen LogP contribution in [-0.2, 0) is 11.0 Å². The minimum Gasteiger partial charge on any atom is -0.408 e. The van der Waals surface area contributed by atoms with Crippen molar-refractivity contribution in [2.24, 2.45) is 5.92 Å². The molecule has 3 unspecified atom stereocenters. The summed E-state index contributed by atoms with van der Waals surface area (Å²) >= 11 is 0. The van der Waals surface area contributed by atoms with Crippen LogP contribution in [0.15, 0.2) is 60.7 Å². The highest BCUT2D eigenvalue weighted by molar-refractivity contribution is 6.83. The lowest BCUT2D eigenvalue weighted by Gasteiger charge is -2.42. The van der Waals surface area contributed by atoms with Gasteiger partial charge in [-0.2, -0.15) is 0 Å². The van der Waals surface area contributed by atoms with Gasteiger partial charge in [0.15, 0.2) is 8.32 Å². The number of hydrogen-bond acceptors (Lipinski definition) is 2. The molecule has 0 aromatic heterocycles. The fourth-order valence-corrected chi connectivity index (χ4v) is 5.22. The smallest absolute Gasteiger partial charge is 0.192 e. The summed E-state index contributed by atoms with van der Waals surface area (Å²) in [5.41, 5.74) is 6.11. The Morgan fingerprint density at radius 1 is 0.875 bits per heavy atom. The second-order valence-electron chi connectivity index (χ2n) is 11.4. The Balaban J connectivity index is 2.47. The normalized spacial score (nSPS) is 15.4. The highest BCUT2D eigenvalue weighted by Gasteiger charge is 2.42. The Kier molecular flexibility index (Phi) is 9.13. The Morgan fingerprint density at radius 2 is 1.41 bits per heavy atom. The zero-order valence-electron chi connectivity index (χ0n) is 21.6. The second-order valence-corrected chi connectivity index (χ2v) is 20.9. The SMILES string of the molecule is CC(C#C[Si](C)(C)C)C(NCc1ccccc1)C(O[Si](C)(C)C(C)(C)C)c1ccccc1. The Bertz CT molecular complexity index is 886. The molecule has 0 heterocycles. The summed E-state index contributed by atoms with van der Waals surface area (Å²) < 4.78 is 7.11. The van der Waals surface area contributed by atoms with Crippen LogP contribution in [-0.4, -0.2) is 22.4 Å². The van der Waals surface area contributed by atoms with Crippen molar-refractivity contribution < 1.29 is 4.43 Å². The molecule has 4 heteroatoms. The van der Waals surface area contributed by atoms with Crippen LogP contribution >= 0.6 is 0 Å². The molecule has 2 nitrogen and oxygen atoms in total. The third-order valence-electron chi connectivity index (χ3n) is 6.28. The van der Waals surface area contributed by atoms with Gasteiger partial charge in [-0.3, -0.25) is 0 Å². The van der Waals surface area contributed by atoms with E-state index >= 15 is 0 Å². The Hall–Kier alpha value is -1.65. The first-order chi connectivity index (χ1) is 14.8. The molecule has 0 saturated heterocycles. The zero-order chi connectivity index (χ0) is 24.0. The topological polar surface area (TPSA) is 21.3 Å². The van der Waals surface area contributed by atoms with E-state index in [2.05, 4.69) is 138 Å². The maximum Gasteiger partial charge on any atom is 0.192 e. The molecule has 1 N–H and O–H groups in total. The first-order valence-electron chi connectivity index (χ1n) is 11.8. The molecule has 0 amide bonds. The Morgan fingerprint density at radius 3 is 1.91 bits per heavy atom. The van der Waals surface area contributed by atoms with Crippen LogP contribution in [0.3, 0.4) is 0 Å². The fraction of sp³-hybridized carbons (Fsp3) is 0.500. The maximum absolute atomic E-state index is 7.11. The third-order valence-corrected chi connectivity index (χ3v) is 11.6. The largest absolute Gasteiger partial charge is 0.408 e. The molecule has 32 heavy (non-hydrogen) atoms. The lowest BCUT2D eigenvalue weighted by molar-refractivity contribution is 0.120. The summed E-state index contributed by atoms with van der Waals surface area (Å²) in [6.07, 6.45) is -0.0493. The summed E-state index contributed by atoms with van der Waals surface area (Å²) in [6.45, 7) is 21.6. The lowest BCUT2D eigenvalue weighted by Crippen LogP contribution is -2.48. The quantitative estimate of drug-likeness (QED) is 0.323. The number of rotatable bonds is 8. The van der Waals surface area contributed by atoms with Gasteiger partial charge in [-0.05, 0) is 36.2 Å². The number of benzene rings is 2. The predicted octanol–water partition coefficient (Wildman–Crippen LogP) is 7.42. The van der Waals surface area contributed by atoms with Crippen molar-refractivity contribution in [2.75, 3.05) is 0 Å². The van der Waals surface area contributed by atoms with Gasteiger partial charge in [-0.25, -0.2) is 0 Å².